The van der Waals surface area contributed by atoms with E-state index in [1.54, 1.807) is 25.7 Å². The summed E-state index contributed by atoms with van der Waals surface area (Å²) in [5, 5.41) is 0. The average Bonchev–Trinajstić information content (AvgIpc) is 2.28. The molecular weight excluding hydrogens is 191 g/mol. The van der Waals surface area contributed by atoms with E-state index in [1.165, 1.54) is 25.7 Å². The van der Waals surface area contributed by atoms with E-state index in [-0.39, 0.29) is 0 Å². The highest BCUT2D eigenvalue weighted by Gasteiger charge is 2.43. The summed E-state index contributed by atoms with van der Waals surface area (Å²) in [5.41, 5.74) is 0. The maximum atomic E-state index is 2.48. The molecule has 3 aliphatic rings. The molecular formula is C15H25B. The number of hydrogen-bond acceptors (Lipinski definition) is 0. The Labute approximate surface area is 101 Å². The summed E-state index contributed by atoms with van der Waals surface area (Å²) < 4.78 is 0. The van der Waals surface area contributed by atoms with Crippen LogP contribution in [0.4, 0.5) is 0 Å². The van der Waals surface area contributed by atoms with Crippen molar-refractivity contribution in [2.75, 3.05) is 0 Å². The van der Waals surface area contributed by atoms with Crippen LogP contribution < -0.4 is 0 Å². The zero-order valence-corrected chi connectivity index (χ0v) is 10.7. The summed E-state index contributed by atoms with van der Waals surface area (Å²) >= 11 is 0. The number of rotatable bonds is 1. The molecule has 2 atom stereocenters. The highest BCUT2D eigenvalue weighted by molar-refractivity contribution is 6.64. The van der Waals surface area contributed by atoms with Crippen LogP contribution in [0, 0.1) is 5.92 Å². The number of allylic oxidation sites excluding steroid dienone is 2. The maximum absolute atomic E-state index is 2.48. The van der Waals surface area contributed by atoms with Gasteiger partial charge in [0.15, 0.2) is 0 Å². The van der Waals surface area contributed by atoms with Crippen molar-refractivity contribution in [3.8, 4) is 0 Å². The summed E-state index contributed by atoms with van der Waals surface area (Å²) in [6.45, 7) is 3.51. The Bertz CT molecular complexity index is 249. The van der Waals surface area contributed by atoms with Gasteiger partial charge in [-0.2, -0.15) is 0 Å². The monoisotopic (exact) mass is 216 g/mol. The first-order chi connectivity index (χ1) is 7.84. The second-order valence-corrected chi connectivity index (χ2v) is 6.60. The fraction of sp³-hybridized carbons (Fsp3) is 0.867. The molecule has 88 valence electrons. The molecule has 2 bridgehead atoms. The van der Waals surface area contributed by atoms with Gasteiger partial charge in [0, 0.05) is 0 Å². The predicted octanol–water partition coefficient (Wildman–Crippen LogP) is 4.95. The van der Waals surface area contributed by atoms with E-state index in [0.717, 1.165) is 30.1 Å². The molecule has 0 N–H and O–H groups in total. The van der Waals surface area contributed by atoms with Crippen molar-refractivity contribution in [2.24, 2.45) is 5.92 Å². The molecule has 2 aliphatic heterocycles. The van der Waals surface area contributed by atoms with Crippen molar-refractivity contribution in [3.63, 3.8) is 0 Å². The smallest absolute Gasteiger partial charge is 0.0887 e. The van der Waals surface area contributed by atoms with Crippen LogP contribution >= 0.6 is 0 Å². The SMILES string of the molecule is C[C@@H]1C=CC[C@@H](B2C3CCCC2CCC3)C1. The molecule has 0 spiro atoms. The molecule has 1 aliphatic carbocycles. The van der Waals surface area contributed by atoms with Crippen molar-refractivity contribution in [2.45, 2.75) is 75.7 Å². The molecule has 0 nitrogen and oxygen atoms in total. The topological polar surface area (TPSA) is 0 Å². The van der Waals surface area contributed by atoms with Crippen molar-refractivity contribution in [1.82, 2.24) is 0 Å². The van der Waals surface area contributed by atoms with Gasteiger partial charge >= 0.3 is 0 Å². The second-order valence-electron chi connectivity index (χ2n) is 6.60. The molecule has 0 unspecified atom stereocenters. The summed E-state index contributed by atoms with van der Waals surface area (Å²) in [4.78, 5) is 0. The van der Waals surface area contributed by atoms with Crippen LogP contribution in [0.25, 0.3) is 0 Å². The third-order valence-electron chi connectivity index (χ3n) is 5.51. The Kier molecular flexibility index (Phi) is 3.13. The fourth-order valence-corrected chi connectivity index (χ4v) is 4.95. The van der Waals surface area contributed by atoms with Gasteiger partial charge in [0.25, 0.3) is 0 Å². The summed E-state index contributed by atoms with van der Waals surface area (Å²) in [5.74, 6) is 4.10. The minimum atomic E-state index is 0.849. The summed E-state index contributed by atoms with van der Waals surface area (Å²) in [6.07, 6.45) is 17.1. The Balaban J connectivity index is 1.75. The lowest BCUT2D eigenvalue weighted by molar-refractivity contribution is 0.423. The van der Waals surface area contributed by atoms with Crippen molar-refractivity contribution < 1.29 is 0 Å². The van der Waals surface area contributed by atoms with Gasteiger partial charge in [-0.15, -0.1) is 0 Å². The predicted molar refractivity (Wildman–Crippen MR) is 72.2 cm³/mol. The Morgan fingerprint density at radius 1 is 0.938 bits per heavy atom. The molecule has 0 amide bonds. The van der Waals surface area contributed by atoms with Gasteiger partial charge in [0.05, 0.1) is 0 Å². The van der Waals surface area contributed by atoms with Crippen LogP contribution in [0.2, 0.25) is 17.5 Å². The largest absolute Gasteiger partial charge is 0.149 e. The van der Waals surface area contributed by atoms with E-state index in [4.69, 9.17) is 0 Å². The highest BCUT2D eigenvalue weighted by atomic mass is 14.3. The normalized spacial score (nSPS) is 43.4. The molecule has 0 radical (unpaired) electrons. The first kappa shape index (κ1) is 10.9. The minimum absolute atomic E-state index is 0.849. The Morgan fingerprint density at radius 3 is 2.12 bits per heavy atom. The van der Waals surface area contributed by atoms with E-state index in [0.29, 0.717) is 0 Å². The van der Waals surface area contributed by atoms with Gasteiger partial charge in [-0.3, -0.25) is 0 Å². The second kappa shape index (κ2) is 4.59. The zero-order chi connectivity index (χ0) is 11.0. The van der Waals surface area contributed by atoms with Gasteiger partial charge in [0.1, 0.15) is 6.71 Å². The minimum Gasteiger partial charge on any atom is -0.0887 e. The Morgan fingerprint density at radius 2 is 1.56 bits per heavy atom. The summed E-state index contributed by atoms with van der Waals surface area (Å²) in [6, 6.07) is 0. The molecule has 0 saturated carbocycles. The van der Waals surface area contributed by atoms with Gasteiger partial charge in [0.2, 0.25) is 0 Å². The van der Waals surface area contributed by atoms with Gasteiger partial charge in [-0.1, -0.05) is 81.5 Å². The lowest BCUT2D eigenvalue weighted by atomic mass is 9.21. The highest BCUT2D eigenvalue weighted by Crippen LogP contribution is 2.52. The first-order valence-corrected chi connectivity index (χ1v) is 7.51. The van der Waals surface area contributed by atoms with Gasteiger partial charge in [-0.25, -0.2) is 0 Å². The van der Waals surface area contributed by atoms with E-state index in [1.807, 2.05) is 0 Å². The van der Waals surface area contributed by atoms with Crippen LogP contribution in [-0.2, 0) is 0 Å². The van der Waals surface area contributed by atoms with Crippen molar-refractivity contribution in [1.29, 1.82) is 0 Å². The molecule has 2 heterocycles. The first-order valence-electron chi connectivity index (χ1n) is 7.51. The molecule has 1 heteroatoms. The molecule has 0 aromatic heterocycles. The van der Waals surface area contributed by atoms with Gasteiger partial charge < -0.3 is 0 Å². The number of fused-ring (bicyclic) bond motifs is 2. The van der Waals surface area contributed by atoms with Crippen LogP contribution in [0.1, 0.15) is 58.3 Å². The maximum Gasteiger partial charge on any atom is 0.149 e. The third-order valence-corrected chi connectivity index (χ3v) is 5.51. The van der Waals surface area contributed by atoms with Crippen molar-refractivity contribution in [3.05, 3.63) is 12.2 Å². The third kappa shape index (κ3) is 1.98. The molecule has 2 saturated heterocycles. The molecule has 16 heavy (non-hydrogen) atoms. The van der Waals surface area contributed by atoms with E-state index >= 15 is 0 Å². The van der Waals surface area contributed by atoms with Crippen molar-refractivity contribution >= 4 is 6.71 Å². The van der Waals surface area contributed by atoms with Crippen LogP contribution in [0.5, 0.6) is 0 Å². The van der Waals surface area contributed by atoms with Crippen LogP contribution in [-0.4, -0.2) is 6.71 Å². The standard InChI is InChI=1S/C15H25B/c1-12-5-2-10-15(11-12)16-13-6-3-7-14(16)9-4-8-13/h2,5,12-15H,3-4,6-11H2,1H3/t12-,13?,14?,15-/m1/s1. The molecule has 0 aromatic carbocycles. The van der Waals surface area contributed by atoms with Gasteiger partial charge in [-0.05, 0) is 12.3 Å². The molecule has 0 aromatic rings. The van der Waals surface area contributed by atoms with Crippen LogP contribution in [0.15, 0.2) is 12.2 Å². The lowest BCUT2D eigenvalue weighted by Crippen LogP contribution is -2.39. The van der Waals surface area contributed by atoms with E-state index in [9.17, 15) is 0 Å². The molecule has 3 rings (SSSR count). The van der Waals surface area contributed by atoms with Crippen LogP contribution in [0.3, 0.4) is 0 Å². The average molecular weight is 216 g/mol. The van der Waals surface area contributed by atoms with E-state index < -0.39 is 0 Å². The number of hydrogen-bond donors (Lipinski definition) is 0. The molecule has 2 fully saturated rings. The van der Waals surface area contributed by atoms with E-state index in [2.05, 4.69) is 19.1 Å². The quantitative estimate of drug-likeness (QED) is 0.430. The zero-order valence-electron chi connectivity index (χ0n) is 10.7. The Hall–Kier alpha value is -0.195. The summed E-state index contributed by atoms with van der Waals surface area (Å²) in [7, 11) is 0. The lowest BCUT2D eigenvalue weighted by Gasteiger charge is -2.45. The fourth-order valence-electron chi connectivity index (χ4n) is 4.95.